The molecule has 2 aromatic rings. The molecule has 1 aromatic carbocycles. The zero-order valence-electron chi connectivity index (χ0n) is 7.91. The van der Waals surface area contributed by atoms with Crippen LogP contribution in [0.5, 0.6) is 0 Å². The largest absolute Gasteiger partial charge is 0.327 e. The third-order valence-electron chi connectivity index (χ3n) is 2.07. The lowest BCUT2D eigenvalue weighted by molar-refractivity contribution is 1.18. The summed E-state index contributed by atoms with van der Waals surface area (Å²) >= 11 is 0. The standard InChI is InChI=1S/C10H12N4/c1-7-9(13-10(12-7)14-11)8-5-3-2-4-6-8/h2-6H,11H2,1H3,(H2,12,13,14). The first-order valence-electron chi connectivity index (χ1n) is 4.40. The summed E-state index contributed by atoms with van der Waals surface area (Å²) < 4.78 is 0. The van der Waals surface area contributed by atoms with Crippen molar-refractivity contribution in [3.63, 3.8) is 0 Å². The molecule has 1 aromatic heterocycles. The van der Waals surface area contributed by atoms with E-state index >= 15 is 0 Å². The maximum atomic E-state index is 5.27. The average molecular weight is 188 g/mol. The minimum Gasteiger partial charge on any atom is -0.327 e. The quantitative estimate of drug-likeness (QED) is 0.496. The highest BCUT2D eigenvalue weighted by Gasteiger charge is 2.06. The second-order valence-electron chi connectivity index (χ2n) is 3.07. The van der Waals surface area contributed by atoms with Crippen molar-refractivity contribution in [3.8, 4) is 11.3 Å². The number of H-pyrrole nitrogens is 1. The van der Waals surface area contributed by atoms with Gasteiger partial charge in [0.15, 0.2) is 0 Å². The Balaban J connectivity index is 2.46. The van der Waals surface area contributed by atoms with Crippen molar-refractivity contribution in [2.75, 3.05) is 5.43 Å². The lowest BCUT2D eigenvalue weighted by atomic mass is 10.1. The third-order valence-corrected chi connectivity index (χ3v) is 2.07. The Bertz CT molecular complexity index is 419. The average Bonchev–Trinajstić information content (AvgIpc) is 2.61. The summed E-state index contributed by atoms with van der Waals surface area (Å²) in [5.41, 5.74) is 5.51. The van der Waals surface area contributed by atoms with Gasteiger partial charge in [-0.05, 0) is 6.92 Å². The number of hydrazine groups is 1. The number of aromatic nitrogens is 2. The smallest absolute Gasteiger partial charge is 0.215 e. The second-order valence-corrected chi connectivity index (χ2v) is 3.07. The Morgan fingerprint density at radius 3 is 2.57 bits per heavy atom. The van der Waals surface area contributed by atoms with Gasteiger partial charge >= 0.3 is 0 Å². The Labute approximate surface area is 82.1 Å². The van der Waals surface area contributed by atoms with E-state index in [1.165, 1.54) is 0 Å². The summed E-state index contributed by atoms with van der Waals surface area (Å²) in [5, 5.41) is 0. The van der Waals surface area contributed by atoms with Crippen molar-refractivity contribution in [2.45, 2.75) is 6.92 Å². The molecule has 4 N–H and O–H groups in total. The minimum absolute atomic E-state index is 0.585. The highest BCUT2D eigenvalue weighted by atomic mass is 15.3. The van der Waals surface area contributed by atoms with Crippen molar-refractivity contribution in [3.05, 3.63) is 36.0 Å². The van der Waals surface area contributed by atoms with Crippen LogP contribution < -0.4 is 11.3 Å². The van der Waals surface area contributed by atoms with Crippen molar-refractivity contribution in [1.82, 2.24) is 9.97 Å². The zero-order chi connectivity index (χ0) is 9.97. The summed E-state index contributed by atoms with van der Waals surface area (Å²) in [5.74, 6) is 5.85. The molecule has 0 aliphatic rings. The first-order chi connectivity index (χ1) is 6.81. The lowest BCUT2D eigenvalue weighted by Gasteiger charge is -1.96. The maximum Gasteiger partial charge on any atom is 0.215 e. The molecule has 72 valence electrons. The van der Waals surface area contributed by atoms with Crippen LogP contribution in [-0.4, -0.2) is 9.97 Å². The monoisotopic (exact) mass is 188 g/mol. The van der Waals surface area contributed by atoms with Gasteiger partial charge in [-0.25, -0.2) is 10.8 Å². The molecule has 0 bridgehead atoms. The van der Waals surface area contributed by atoms with Gasteiger partial charge in [0.1, 0.15) is 0 Å². The highest BCUT2D eigenvalue weighted by Crippen LogP contribution is 2.21. The number of nitrogens with two attached hydrogens (primary N) is 1. The van der Waals surface area contributed by atoms with Crippen molar-refractivity contribution in [1.29, 1.82) is 0 Å². The van der Waals surface area contributed by atoms with Gasteiger partial charge in [0.2, 0.25) is 5.95 Å². The second kappa shape index (κ2) is 3.51. The molecule has 0 saturated carbocycles. The van der Waals surface area contributed by atoms with Crippen LogP contribution in [0.25, 0.3) is 11.3 Å². The van der Waals surface area contributed by atoms with E-state index in [1.807, 2.05) is 37.3 Å². The Hall–Kier alpha value is -1.81. The molecule has 2 rings (SSSR count). The van der Waals surface area contributed by atoms with E-state index in [4.69, 9.17) is 5.84 Å². The maximum absolute atomic E-state index is 5.27. The number of hydrogen-bond donors (Lipinski definition) is 3. The first-order valence-corrected chi connectivity index (χ1v) is 4.40. The van der Waals surface area contributed by atoms with Crippen molar-refractivity contribution >= 4 is 5.95 Å². The van der Waals surface area contributed by atoms with Crippen LogP contribution in [0, 0.1) is 6.92 Å². The molecule has 0 saturated heterocycles. The van der Waals surface area contributed by atoms with Gasteiger partial charge < -0.3 is 4.98 Å². The van der Waals surface area contributed by atoms with Crippen LogP contribution in [0.1, 0.15) is 5.69 Å². The Kier molecular flexibility index (Phi) is 2.20. The van der Waals surface area contributed by atoms with Gasteiger partial charge in [0.05, 0.1) is 5.69 Å². The van der Waals surface area contributed by atoms with Crippen LogP contribution in [0.3, 0.4) is 0 Å². The number of aryl methyl sites for hydroxylation is 1. The number of benzene rings is 1. The van der Waals surface area contributed by atoms with E-state index in [9.17, 15) is 0 Å². The molecule has 0 aliphatic heterocycles. The summed E-state index contributed by atoms with van der Waals surface area (Å²) in [4.78, 5) is 7.35. The molecule has 0 fully saturated rings. The molecule has 4 heteroatoms. The van der Waals surface area contributed by atoms with Crippen LogP contribution in [0.2, 0.25) is 0 Å². The SMILES string of the molecule is Cc1[nH]c(NN)nc1-c1ccccc1. The Morgan fingerprint density at radius 2 is 2.00 bits per heavy atom. The first kappa shape index (κ1) is 8.77. The third kappa shape index (κ3) is 1.47. The van der Waals surface area contributed by atoms with E-state index in [-0.39, 0.29) is 0 Å². The highest BCUT2D eigenvalue weighted by molar-refractivity contribution is 5.63. The number of anilines is 1. The topological polar surface area (TPSA) is 66.7 Å². The number of rotatable bonds is 2. The fraction of sp³-hybridized carbons (Fsp3) is 0.100. The van der Waals surface area contributed by atoms with E-state index in [0.29, 0.717) is 5.95 Å². The normalized spacial score (nSPS) is 10.1. The molecule has 0 aliphatic carbocycles. The molecule has 4 nitrogen and oxygen atoms in total. The van der Waals surface area contributed by atoms with Crippen molar-refractivity contribution in [2.24, 2.45) is 5.84 Å². The summed E-state index contributed by atoms with van der Waals surface area (Å²) in [6, 6.07) is 9.98. The van der Waals surface area contributed by atoms with Crippen LogP contribution >= 0.6 is 0 Å². The van der Waals surface area contributed by atoms with Crippen LogP contribution in [0.4, 0.5) is 5.95 Å². The number of nitrogen functional groups attached to an aromatic ring is 1. The van der Waals surface area contributed by atoms with Crippen LogP contribution in [-0.2, 0) is 0 Å². The number of imidazole rings is 1. The number of hydrogen-bond acceptors (Lipinski definition) is 3. The number of aromatic amines is 1. The van der Waals surface area contributed by atoms with Gasteiger partial charge in [0, 0.05) is 11.3 Å². The molecule has 0 radical (unpaired) electrons. The van der Waals surface area contributed by atoms with Crippen LogP contribution in [0.15, 0.2) is 30.3 Å². The predicted octanol–water partition coefficient (Wildman–Crippen LogP) is 1.67. The Morgan fingerprint density at radius 1 is 1.29 bits per heavy atom. The number of nitrogens with one attached hydrogen (secondary N) is 2. The minimum atomic E-state index is 0.585. The molecular weight excluding hydrogens is 176 g/mol. The molecule has 1 heterocycles. The van der Waals surface area contributed by atoms with Gasteiger partial charge in [-0.1, -0.05) is 30.3 Å². The van der Waals surface area contributed by atoms with Gasteiger partial charge in [-0.15, -0.1) is 0 Å². The van der Waals surface area contributed by atoms with Gasteiger partial charge in [-0.3, -0.25) is 5.43 Å². The molecule has 0 atom stereocenters. The molecule has 0 amide bonds. The number of nitrogens with zero attached hydrogens (tertiary/aromatic N) is 1. The predicted molar refractivity (Wildman–Crippen MR) is 56.6 cm³/mol. The van der Waals surface area contributed by atoms with E-state index in [0.717, 1.165) is 17.0 Å². The summed E-state index contributed by atoms with van der Waals surface area (Å²) in [6.07, 6.45) is 0. The molecule has 0 unspecified atom stereocenters. The van der Waals surface area contributed by atoms with Gasteiger partial charge in [0.25, 0.3) is 0 Å². The summed E-state index contributed by atoms with van der Waals surface area (Å²) in [6.45, 7) is 1.97. The van der Waals surface area contributed by atoms with Crippen molar-refractivity contribution < 1.29 is 0 Å². The molecule has 14 heavy (non-hydrogen) atoms. The van der Waals surface area contributed by atoms with E-state index < -0.39 is 0 Å². The van der Waals surface area contributed by atoms with E-state index in [1.54, 1.807) is 0 Å². The zero-order valence-corrected chi connectivity index (χ0v) is 7.91. The van der Waals surface area contributed by atoms with E-state index in [2.05, 4.69) is 15.4 Å². The van der Waals surface area contributed by atoms with Gasteiger partial charge in [-0.2, -0.15) is 0 Å². The molecule has 0 spiro atoms. The molecular formula is C10H12N4. The summed E-state index contributed by atoms with van der Waals surface area (Å²) in [7, 11) is 0. The fourth-order valence-electron chi connectivity index (χ4n) is 1.41. The fourth-order valence-corrected chi connectivity index (χ4v) is 1.41. The lowest BCUT2D eigenvalue weighted by Crippen LogP contribution is -2.07.